The molecule has 0 aliphatic heterocycles. The fourth-order valence-corrected chi connectivity index (χ4v) is 2.17. The molecule has 21 heavy (non-hydrogen) atoms. The minimum Gasteiger partial charge on any atom is -0.550 e. The van der Waals surface area contributed by atoms with Gasteiger partial charge in [0, 0.05) is 24.7 Å². The lowest BCUT2D eigenvalue weighted by Crippen LogP contribution is -2.31. The molecule has 0 saturated carbocycles. The Morgan fingerprint density at radius 3 is 2.10 bits per heavy atom. The summed E-state index contributed by atoms with van der Waals surface area (Å²) in [4.78, 5) is 22.4. The van der Waals surface area contributed by atoms with Crippen molar-refractivity contribution in [3.05, 3.63) is 60.2 Å². The topological polar surface area (TPSA) is 57.2 Å². The molecule has 2 aromatic rings. The van der Waals surface area contributed by atoms with Crippen LogP contribution in [0.4, 0.5) is 0 Å². The van der Waals surface area contributed by atoms with Gasteiger partial charge in [0.2, 0.25) is 0 Å². The van der Waals surface area contributed by atoms with Crippen LogP contribution in [-0.4, -0.2) is 11.8 Å². The number of ketones is 1. The van der Waals surface area contributed by atoms with E-state index in [1.165, 1.54) is 6.92 Å². The third kappa shape index (κ3) is 4.28. The molecule has 0 heterocycles. The minimum absolute atomic E-state index is 0.0166. The Kier molecular flexibility index (Phi) is 4.88. The minimum atomic E-state index is -1.18. The van der Waals surface area contributed by atoms with Gasteiger partial charge in [0.15, 0.2) is 0 Å². The van der Waals surface area contributed by atoms with Crippen molar-refractivity contribution in [2.75, 3.05) is 0 Å². The average Bonchev–Trinajstić information content (AvgIpc) is 2.48. The molecule has 0 amide bonds. The van der Waals surface area contributed by atoms with Crippen LogP contribution in [0.3, 0.4) is 0 Å². The van der Waals surface area contributed by atoms with Gasteiger partial charge in [-0.3, -0.25) is 4.79 Å². The number of hydrogen-bond acceptors (Lipinski definition) is 3. The molecule has 3 nitrogen and oxygen atoms in total. The summed E-state index contributed by atoms with van der Waals surface area (Å²) in [6, 6.07) is 17.7. The molecule has 0 N–H and O–H groups in total. The van der Waals surface area contributed by atoms with E-state index in [9.17, 15) is 14.7 Å². The lowest BCUT2D eigenvalue weighted by Gasteiger charge is -2.11. The number of carbonyl (C=O) groups excluding carboxylic acids is 2. The Balaban J connectivity index is 2.00. The molecule has 1 atom stereocenters. The van der Waals surface area contributed by atoms with Gasteiger partial charge in [-0.2, -0.15) is 0 Å². The molecule has 108 valence electrons. The number of carbonyl (C=O) groups is 2. The van der Waals surface area contributed by atoms with Crippen LogP contribution in [-0.2, 0) is 16.0 Å². The molecule has 0 saturated heterocycles. The monoisotopic (exact) mass is 281 g/mol. The van der Waals surface area contributed by atoms with Gasteiger partial charge in [-0.1, -0.05) is 61.5 Å². The second-order valence-corrected chi connectivity index (χ2v) is 5.20. The van der Waals surface area contributed by atoms with Crippen LogP contribution in [0.25, 0.3) is 11.1 Å². The van der Waals surface area contributed by atoms with E-state index in [0.717, 1.165) is 16.7 Å². The van der Waals surface area contributed by atoms with Crippen LogP contribution >= 0.6 is 0 Å². The summed E-state index contributed by atoms with van der Waals surface area (Å²) in [5.41, 5.74) is 3.11. The summed E-state index contributed by atoms with van der Waals surface area (Å²) in [6.07, 6.45) is 0.273. The van der Waals surface area contributed by atoms with Crippen molar-refractivity contribution < 1.29 is 14.7 Å². The summed E-state index contributed by atoms with van der Waals surface area (Å²) in [6.45, 7) is 1.49. The van der Waals surface area contributed by atoms with Crippen molar-refractivity contribution in [2.24, 2.45) is 5.92 Å². The van der Waals surface area contributed by atoms with Crippen LogP contribution in [0, 0.1) is 5.92 Å². The zero-order valence-electron chi connectivity index (χ0n) is 11.9. The number of aliphatic carboxylic acids is 1. The average molecular weight is 281 g/mol. The molecule has 0 aliphatic carbocycles. The summed E-state index contributed by atoms with van der Waals surface area (Å²) in [5, 5.41) is 10.6. The molecular formula is C18H17O3-. The van der Waals surface area contributed by atoms with E-state index in [4.69, 9.17) is 0 Å². The maximum Gasteiger partial charge on any atom is 0.137 e. The highest BCUT2D eigenvalue weighted by Gasteiger charge is 2.10. The van der Waals surface area contributed by atoms with E-state index >= 15 is 0 Å². The lowest BCUT2D eigenvalue weighted by atomic mass is 9.98. The molecule has 2 rings (SSSR count). The number of carboxylic acid groups (broad SMARTS) is 1. The molecule has 0 spiro atoms. The second-order valence-electron chi connectivity index (χ2n) is 5.20. The molecule has 0 unspecified atom stereocenters. The summed E-state index contributed by atoms with van der Waals surface area (Å²) in [7, 11) is 0. The highest BCUT2D eigenvalue weighted by molar-refractivity contribution is 5.84. The van der Waals surface area contributed by atoms with Crippen LogP contribution < -0.4 is 5.11 Å². The Bertz CT molecular complexity index is 615. The van der Waals surface area contributed by atoms with Crippen LogP contribution in [0.15, 0.2) is 54.6 Å². The number of carboxylic acids is 1. The first kappa shape index (κ1) is 15.0. The third-order valence-electron chi connectivity index (χ3n) is 3.40. The molecule has 0 aliphatic rings. The molecule has 0 fully saturated rings. The summed E-state index contributed by atoms with van der Waals surface area (Å²) < 4.78 is 0. The van der Waals surface area contributed by atoms with Gasteiger partial charge in [-0.05, 0) is 16.7 Å². The van der Waals surface area contributed by atoms with Gasteiger partial charge < -0.3 is 9.90 Å². The maximum absolute atomic E-state index is 11.8. The Morgan fingerprint density at radius 2 is 1.52 bits per heavy atom. The van der Waals surface area contributed by atoms with Gasteiger partial charge in [0.05, 0.1) is 0 Å². The fraction of sp³-hybridized carbons (Fsp3) is 0.222. The van der Waals surface area contributed by atoms with E-state index in [0.29, 0.717) is 0 Å². The first-order valence-corrected chi connectivity index (χ1v) is 6.93. The number of benzene rings is 2. The number of rotatable bonds is 6. The van der Waals surface area contributed by atoms with Gasteiger partial charge in [0.25, 0.3) is 0 Å². The van der Waals surface area contributed by atoms with E-state index in [1.807, 2.05) is 54.6 Å². The fourth-order valence-electron chi connectivity index (χ4n) is 2.17. The first-order valence-electron chi connectivity index (χ1n) is 6.93. The van der Waals surface area contributed by atoms with Crippen LogP contribution in [0.5, 0.6) is 0 Å². The largest absolute Gasteiger partial charge is 0.550 e. The zero-order valence-corrected chi connectivity index (χ0v) is 11.9. The molecule has 2 aromatic carbocycles. The van der Waals surface area contributed by atoms with E-state index < -0.39 is 11.9 Å². The van der Waals surface area contributed by atoms with Gasteiger partial charge in [-0.25, -0.2) is 0 Å². The first-order chi connectivity index (χ1) is 10.1. The molecule has 0 aromatic heterocycles. The van der Waals surface area contributed by atoms with Crippen molar-refractivity contribution in [1.82, 2.24) is 0 Å². The lowest BCUT2D eigenvalue weighted by molar-refractivity contribution is -0.311. The smallest absolute Gasteiger partial charge is 0.137 e. The second kappa shape index (κ2) is 6.84. The maximum atomic E-state index is 11.8. The highest BCUT2D eigenvalue weighted by atomic mass is 16.4. The summed E-state index contributed by atoms with van der Waals surface area (Å²) in [5.74, 6) is -2.00. The SMILES string of the molecule is C[C@H](CC(=O)Cc1ccc(-c2ccccc2)cc1)C(=O)[O-]. The van der Waals surface area contributed by atoms with Crippen LogP contribution in [0.2, 0.25) is 0 Å². The van der Waals surface area contributed by atoms with Gasteiger partial charge in [0.1, 0.15) is 5.78 Å². The number of Topliss-reactive ketones (excluding diaryl/α,β-unsaturated/α-hetero) is 1. The molecule has 0 bridgehead atoms. The normalized spacial score (nSPS) is 11.9. The summed E-state index contributed by atoms with van der Waals surface area (Å²) >= 11 is 0. The quantitative estimate of drug-likeness (QED) is 0.816. The van der Waals surface area contributed by atoms with E-state index in [-0.39, 0.29) is 18.6 Å². The molecule has 0 radical (unpaired) electrons. The molecule has 3 heteroatoms. The molecular weight excluding hydrogens is 264 g/mol. The van der Waals surface area contributed by atoms with Crippen LogP contribution in [0.1, 0.15) is 18.9 Å². The standard InChI is InChI=1S/C18H18O3/c1-13(18(20)21)11-17(19)12-14-7-9-16(10-8-14)15-5-3-2-4-6-15/h2-10,13H,11-12H2,1H3,(H,20,21)/p-1/t13-/m1/s1. The van der Waals surface area contributed by atoms with E-state index in [2.05, 4.69) is 0 Å². The predicted octanol–water partition coefficient (Wildman–Crippen LogP) is 2.24. The Labute approximate surface area is 124 Å². The third-order valence-corrected chi connectivity index (χ3v) is 3.40. The highest BCUT2D eigenvalue weighted by Crippen LogP contribution is 2.19. The van der Waals surface area contributed by atoms with Crippen molar-refractivity contribution in [1.29, 1.82) is 0 Å². The van der Waals surface area contributed by atoms with Crippen molar-refractivity contribution in [2.45, 2.75) is 19.8 Å². The van der Waals surface area contributed by atoms with Crippen molar-refractivity contribution >= 4 is 11.8 Å². The van der Waals surface area contributed by atoms with E-state index in [1.54, 1.807) is 0 Å². The van der Waals surface area contributed by atoms with Crippen molar-refractivity contribution in [3.8, 4) is 11.1 Å². The van der Waals surface area contributed by atoms with Gasteiger partial charge in [-0.15, -0.1) is 0 Å². The Morgan fingerprint density at radius 1 is 0.952 bits per heavy atom. The Hall–Kier alpha value is -2.42. The zero-order chi connectivity index (χ0) is 15.2. The van der Waals surface area contributed by atoms with Gasteiger partial charge >= 0.3 is 0 Å². The van der Waals surface area contributed by atoms with Crippen molar-refractivity contribution in [3.63, 3.8) is 0 Å². The predicted molar refractivity (Wildman–Crippen MR) is 79.4 cm³/mol. The number of hydrogen-bond donors (Lipinski definition) is 0.